The first kappa shape index (κ1) is 12.8. The van der Waals surface area contributed by atoms with Crippen LogP contribution in [0, 0.1) is 6.92 Å². The van der Waals surface area contributed by atoms with E-state index in [0.717, 1.165) is 0 Å². The van der Waals surface area contributed by atoms with Crippen LogP contribution in [0.1, 0.15) is 5.56 Å². The van der Waals surface area contributed by atoms with Crippen molar-refractivity contribution in [1.82, 2.24) is 0 Å². The molecule has 1 atom stereocenters. The molecule has 0 saturated carbocycles. The Labute approximate surface area is 116 Å². The number of benzene rings is 1. The Hall–Kier alpha value is 0.766. The topological polar surface area (TPSA) is 60.4 Å². The zero-order valence-electron chi connectivity index (χ0n) is 6.90. The van der Waals surface area contributed by atoms with Gasteiger partial charge in [-0.3, -0.25) is 4.21 Å². The van der Waals surface area contributed by atoms with Crippen LogP contribution in [0.15, 0.2) is 23.1 Å². The summed E-state index contributed by atoms with van der Waals surface area (Å²) >= 11 is -2.26. The van der Waals surface area contributed by atoms with E-state index in [4.69, 9.17) is 5.11 Å². The summed E-state index contributed by atoms with van der Waals surface area (Å²) in [5.41, 5.74) is 0.635. The van der Waals surface area contributed by atoms with Gasteiger partial charge in [0.25, 0.3) is 0 Å². The van der Waals surface area contributed by atoms with Crippen LogP contribution < -0.4 is 51.4 Å². The van der Waals surface area contributed by atoms with E-state index < -0.39 is 11.1 Å². The van der Waals surface area contributed by atoms with Crippen molar-refractivity contribution in [3.8, 4) is 5.75 Å². The molecular formula is C7H7KO3S. The van der Waals surface area contributed by atoms with Crippen molar-refractivity contribution in [3.63, 3.8) is 0 Å². The fourth-order valence-electron chi connectivity index (χ4n) is 0.768. The molecule has 0 aliphatic heterocycles. The first-order valence-electron chi connectivity index (χ1n) is 3.00. The summed E-state index contributed by atoms with van der Waals surface area (Å²) in [7, 11) is 0. The van der Waals surface area contributed by atoms with Crippen LogP contribution in [-0.4, -0.2) is 13.9 Å². The molecule has 5 heteroatoms. The normalized spacial score (nSPS) is 11.8. The summed E-state index contributed by atoms with van der Waals surface area (Å²) in [5.74, 6) is -0.0326. The molecule has 12 heavy (non-hydrogen) atoms. The molecule has 1 N–H and O–H groups in total. The number of aryl methyl sites for hydroxylation is 1. The second kappa shape index (κ2) is 5.49. The van der Waals surface area contributed by atoms with Gasteiger partial charge < -0.3 is 9.66 Å². The Balaban J connectivity index is 0.00000121. The molecule has 1 aromatic rings. The van der Waals surface area contributed by atoms with Gasteiger partial charge in [-0.2, -0.15) is 0 Å². The largest absolute Gasteiger partial charge is 1.00 e. The summed E-state index contributed by atoms with van der Waals surface area (Å²) in [4.78, 5) is 0.144. The number of rotatable bonds is 1. The quantitative estimate of drug-likeness (QED) is 0.428. The Morgan fingerprint density at radius 3 is 2.50 bits per heavy atom. The van der Waals surface area contributed by atoms with Crippen molar-refractivity contribution in [1.29, 1.82) is 0 Å². The molecule has 0 spiro atoms. The van der Waals surface area contributed by atoms with Crippen molar-refractivity contribution < 1.29 is 65.3 Å². The smallest absolute Gasteiger partial charge is 0.768 e. The summed E-state index contributed by atoms with van der Waals surface area (Å²) in [6.07, 6.45) is 0. The average Bonchev–Trinajstić information content (AvgIpc) is 1.94. The van der Waals surface area contributed by atoms with Gasteiger partial charge in [-0.05, 0) is 35.7 Å². The van der Waals surface area contributed by atoms with Crippen LogP contribution in [0.2, 0.25) is 0 Å². The summed E-state index contributed by atoms with van der Waals surface area (Å²) in [5, 5.41) is 8.91. The van der Waals surface area contributed by atoms with E-state index >= 15 is 0 Å². The minimum Gasteiger partial charge on any atom is -0.768 e. The summed E-state index contributed by atoms with van der Waals surface area (Å²) in [6, 6.07) is 4.23. The monoisotopic (exact) mass is 210 g/mol. The molecule has 0 fully saturated rings. The van der Waals surface area contributed by atoms with Gasteiger partial charge in [0.2, 0.25) is 0 Å². The van der Waals surface area contributed by atoms with E-state index in [1.807, 2.05) is 0 Å². The molecule has 1 rings (SSSR count). The third-order valence-electron chi connectivity index (χ3n) is 1.35. The third-order valence-corrected chi connectivity index (χ3v) is 2.15. The third kappa shape index (κ3) is 3.25. The number of phenols is 1. The predicted octanol–water partition coefficient (Wildman–Crippen LogP) is -2.06. The zero-order chi connectivity index (χ0) is 8.43. The maximum absolute atomic E-state index is 10.5. The van der Waals surface area contributed by atoms with E-state index in [2.05, 4.69) is 0 Å². The summed E-state index contributed by atoms with van der Waals surface area (Å²) in [6.45, 7) is 1.67. The van der Waals surface area contributed by atoms with Crippen LogP contribution in [0.25, 0.3) is 0 Å². The maximum atomic E-state index is 10.5. The van der Waals surface area contributed by atoms with Crippen molar-refractivity contribution in [2.75, 3.05) is 0 Å². The second-order valence-electron chi connectivity index (χ2n) is 2.18. The van der Waals surface area contributed by atoms with Crippen molar-refractivity contribution >= 4 is 11.1 Å². The van der Waals surface area contributed by atoms with Gasteiger partial charge >= 0.3 is 51.4 Å². The van der Waals surface area contributed by atoms with Gasteiger partial charge in [0.15, 0.2) is 0 Å². The standard InChI is InChI=1S/C7H8O3S.K/c1-5-2-3-6(8)4-7(5)11(9)10;/h2-4,8H,1H3,(H,9,10);/q;+1/p-1. The fraction of sp³-hybridized carbons (Fsp3) is 0.143. The van der Waals surface area contributed by atoms with E-state index in [1.165, 1.54) is 12.1 Å². The van der Waals surface area contributed by atoms with Gasteiger partial charge in [0.05, 0.1) is 0 Å². The number of phenolic OH excluding ortho intramolecular Hbond substituents is 1. The van der Waals surface area contributed by atoms with Crippen LogP contribution in [-0.2, 0) is 11.1 Å². The molecule has 0 aromatic heterocycles. The first-order valence-corrected chi connectivity index (χ1v) is 4.07. The Morgan fingerprint density at radius 2 is 2.08 bits per heavy atom. The van der Waals surface area contributed by atoms with Gasteiger partial charge in [-0.15, -0.1) is 0 Å². The van der Waals surface area contributed by atoms with Crippen molar-refractivity contribution in [2.45, 2.75) is 11.8 Å². The van der Waals surface area contributed by atoms with Crippen LogP contribution in [0.4, 0.5) is 0 Å². The molecule has 0 heterocycles. The molecule has 1 unspecified atom stereocenters. The van der Waals surface area contributed by atoms with Gasteiger partial charge in [-0.1, -0.05) is 6.07 Å². The maximum Gasteiger partial charge on any atom is 1.00 e. The number of hydrogen-bond donors (Lipinski definition) is 1. The van der Waals surface area contributed by atoms with Crippen LogP contribution >= 0.6 is 0 Å². The summed E-state index contributed by atoms with van der Waals surface area (Å²) < 4.78 is 20.9. The zero-order valence-corrected chi connectivity index (χ0v) is 10.8. The Bertz CT molecular complexity index is 301. The Kier molecular flexibility index (Phi) is 5.84. The van der Waals surface area contributed by atoms with Crippen molar-refractivity contribution in [3.05, 3.63) is 23.8 Å². The molecule has 60 valence electrons. The molecule has 0 aliphatic rings. The van der Waals surface area contributed by atoms with E-state index in [-0.39, 0.29) is 62.0 Å². The van der Waals surface area contributed by atoms with Gasteiger partial charge in [-0.25, -0.2) is 0 Å². The molecule has 0 radical (unpaired) electrons. The minimum absolute atomic E-state index is 0. The van der Waals surface area contributed by atoms with E-state index in [0.29, 0.717) is 5.56 Å². The van der Waals surface area contributed by atoms with Crippen molar-refractivity contribution in [2.24, 2.45) is 0 Å². The molecule has 3 nitrogen and oxygen atoms in total. The molecule has 0 saturated heterocycles. The fourth-order valence-corrected chi connectivity index (χ4v) is 1.32. The predicted molar refractivity (Wildman–Crippen MR) is 40.0 cm³/mol. The molecule has 0 bridgehead atoms. The van der Waals surface area contributed by atoms with Crippen LogP contribution in [0.3, 0.4) is 0 Å². The molecule has 0 aliphatic carbocycles. The van der Waals surface area contributed by atoms with E-state index in [1.54, 1.807) is 13.0 Å². The van der Waals surface area contributed by atoms with Crippen LogP contribution in [0.5, 0.6) is 5.75 Å². The average molecular weight is 210 g/mol. The van der Waals surface area contributed by atoms with E-state index in [9.17, 15) is 8.76 Å². The van der Waals surface area contributed by atoms with Gasteiger partial charge in [0, 0.05) is 4.90 Å². The van der Waals surface area contributed by atoms with Gasteiger partial charge in [0.1, 0.15) is 5.75 Å². The molecular weight excluding hydrogens is 203 g/mol. The second-order valence-corrected chi connectivity index (χ2v) is 3.09. The SMILES string of the molecule is Cc1ccc(O)cc1S(=O)[O-].[K+]. The first-order chi connectivity index (χ1) is 5.11. The number of hydrogen-bond acceptors (Lipinski definition) is 3. The molecule has 1 aromatic carbocycles. The molecule has 0 amide bonds. The number of aromatic hydroxyl groups is 1. The Morgan fingerprint density at radius 1 is 1.50 bits per heavy atom. The minimum atomic E-state index is -2.26.